The molecule has 9 heteroatoms. The molecule has 0 bridgehead atoms. The van der Waals surface area contributed by atoms with Crippen LogP contribution < -0.4 is 22.9 Å². The first-order valence-corrected chi connectivity index (χ1v) is 4.25. The Morgan fingerprint density at radius 2 is 1.25 bits per heavy atom. The fourth-order valence-corrected chi connectivity index (χ4v) is 1.20. The van der Waals surface area contributed by atoms with Crippen molar-refractivity contribution in [3.63, 3.8) is 0 Å². The van der Waals surface area contributed by atoms with Gasteiger partial charge in [0.05, 0.1) is 0 Å². The molecule has 0 aliphatic rings. The molecule has 0 amide bonds. The van der Waals surface area contributed by atoms with Crippen LogP contribution >= 0.6 is 0 Å². The number of nitrogens with two attached hydrogens (primary N) is 4. The first-order chi connectivity index (χ1) is 7.52. The number of carbonyl (C=O) groups is 1. The first kappa shape index (κ1) is 9.83. The summed E-state index contributed by atoms with van der Waals surface area (Å²) in [5, 5.41) is 12.0. The third kappa shape index (κ3) is 1.22. The first-order valence-electron chi connectivity index (χ1n) is 4.25. The van der Waals surface area contributed by atoms with Crippen LogP contribution in [0, 0.1) is 0 Å². The Kier molecular flexibility index (Phi) is 1.94. The van der Waals surface area contributed by atoms with Crippen LogP contribution in [0.2, 0.25) is 0 Å². The molecule has 0 spiro atoms. The van der Waals surface area contributed by atoms with Crippen LogP contribution in [0.3, 0.4) is 0 Å². The van der Waals surface area contributed by atoms with E-state index in [-0.39, 0.29) is 34.4 Å². The SMILES string of the molecule is Nc1n[nH]c(C(=O)c2[nH]nc(N)c2N)c1N. The molecule has 0 saturated carbocycles. The zero-order chi connectivity index (χ0) is 11.9. The average molecular weight is 222 g/mol. The highest BCUT2D eigenvalue weighted by Crippen LogP contribution is 2.23. The number of nitrogens with zero attached hydrogens (tertiary/aromatic N) is 2. The molecule has 0 atom stereocenters. The van der Waals surface area contributed by atoms with E-state index in [1.807, 2.05) is 0 Å². The van der Waals surface area contributed by atoms with E-state index in [1.165, 1.54) is 0 Å². The largest absolute Gasteiger partial charge is 0.394 e. The van der Waals surface area contributed by atoms with Crippen LogP contribution in [-0.4, -0.2) is 26.2 Å². The van der Waals surface area contributed by atoms with Gasteiger partial charge in [0.1, 0.15) is 22.8 Å². The van der Waals surface area contributed by atoms with Crippen LogP contribution in [0.1, 0.15) is 16.2 Å². The Morgan fingerprint density at radius 3 is 1.50 bits per heavy atom. The molecule has 0 radical (unpaired) electrons. The van der Waals surface area contributed by atoms with Gasteiger partial charge < -0.3 is 22.9 Å². The number of aromatic nitrogens is 4. The second-order valence-corrected chi connectivity index (χ2v) is 3.12. The van der Waals surface area contributed by atoms with E-state index in [0.29, 0.717) is 0 Å². The second kappa shape index (κ2) is 3.15. The average Bonchev–Trinajstić information content (AvgIpc) is 2.74. The summed E-state index contributed by atoms with van der Waals surface area (Å²) in [6.07, 6.45) is 0. The van der Waals surface area contributed by atoms with E-state index in [0.717, 1.165) is 0 Å². The Morgan fingerprint density at radius 1 is 0.875 bits per heavy atom. The third-order valence-corrected chi connectivity index (χ3v) is 2.12. The van der Waals surface area contributed by atoms with Crippen molar-refractivity contribution in [2.75, 3.05) is 22.9 Å². The molecule has 2 aromatic heterocycles. The second-order valence-electron chi connectivity index (χ2n) is 3.12. The van der Waals surface area contributed by atoms with Crippen LogP contribution in [-0.2, 0) is 0 Å². The summed E-state index contributed by atoms with van der Waals surface area (Å²) in [6, 6.07) is 0. The summed E-state index contributed by atoms with van der Waals surface area (Å²) < 4.78 is 0. The number of aromatic amines is 2. The molecule has 0 unspecified atom stereocenters. The van der Waals surface area contributed by atoms with Crippen LogP contribution in [0.15, 0.2) is 0 Å². The molecule has 0 aliphatic heterocycles. The zero-order valence-electron chi connectivity index (χ0n) is 8.11. The van der Waals surface area contributed by atoms with Gasteiger partial charge in [0.2, 0.25) is 5.78 Å². The van der Waals surface area contributed by atoms with Crippen LogP contribution in [0.25, 0.3) is 0 Å². The number of nitrogens with one attached hydrogen (secondary N) is 2. The van der Waals surface area contributed by atoms with Gasteiger partial charge in [-0.3, -0.25) is 15.0 Å². The molecule has 0 aromatic carbocycles. The van der Waals surface area contributed by atoms with Crippen molar-refractivity contribution >= 4 is 28.8 Å². The summed E-state index contributed by atoms with van der Waals surface area (Å²) in [7, 11) is 0. The standard InChI is InChI=1S/C7H10N8O/c8-1-3(12-14-6(1)10)5(16)4-2(9)7(11)15-13-4/h8-9H2,(H3,10,12,14)(H3,11,13,15). The lowest BCUT2D eigenvalue weighted by atomic mass is 10.1. The van der Waals surface area contributed by atoms with E-state index < -0.39 is 5.78 Å². The van der Waals surface area contributed by atoms with Gasteiger partial charge in [0.25, 0.3) is 0 Å². The minimum atomic E-state index is -0.497. The molecule has 2 heterocycles. The summed E-state index contributed by atoms with van der Waals surface area (Å²) >= 11 is 0. The molecule has 0 aliphatic carbocycles. The molecule has 2 aromatic rings. The minimum Gasteiger partial charge on any atom is -0.394 e. The number of carbonyl (C=O) groups excluding carboxylic acids is 1. The lowest BCUT2D eigenvalue weighted by molar-refractivity contribution is 0.103. The van der Waals surface area contributed by atoms with Gasteiger partial charge in [-0.15, -0.1) is 0 Å². The van der Waals surface area contributed by atoms with Crippen molar-refractivity contribution in [3.05, 3.63) is 11.4 Å². The topological polar surface area (TPSA) is 179 Å². The van der Waals surface area contributed by atoms with Crippen molar-refractivity contribution in [3.8, 4) is 0 Å². The van der Waals surface area contributed by atoms with Crippen molar-refractivity contribution in [2.24, 2.45) is 0 Å². The number of anilines is 4. The maximum Gasteiger partial charge on any atom is 0.232 e. The molecule has 10 N–H and O–H groups in total. The predicted octanol–water partition coefficient (Wildman–Crippen LogP) is -1.31. The summed E-state index contributed by atoms with van der Waals surface area (Å²) in [6.45, 7) is 0. The van der Waals surface area contributed by atoms with E-state index in [2.05, 4.69) is 20.4 Å². The molecule has 2 rings (SSSR count). The van der Waals surface area contributed by atoms with E-state index >= 15 is 0 Å². The molecule has 0 saturated heterocycles. The minimum absolute atomic E-state index is 0.0489. The van der Waals surface area contributed by atoms with Crippen molar-refractivity contribution < 1.29 is 4.79 Å². The zero-order valence-corrected chi connectivity index (χ0v) is 8.11. The van der Waals surface area contributed by atoms with Gasteiger partial charge in [0.15, 0.2) is 11.6 Å². The maximum absolute atomic E-state index is 11.9. The maximum atomic E-state index is 11.9. The highest BCUT2D eigenvalue weighted by Gasteiger charge is 2.22. The highest BCUT2D eigenvalue weighted by molar-refractivity contribution is 6.14. The quantitative estimate of drug-likeness (QED) is 0.341. The summed E-state index contributed by atoms with van der Waals surface area (Å²) in [4.78, 5) is 11.9. The molecule has 16 heavy (non-hydrogen) atoms. The monoisotopic (exact) mass is 222 g/mol. The van der Waals surface area contributed by atoms with E-state index in [9.17, 15) is 4.79 Å². The highest BCUT2D eigenvalue weighted by atomic mass is 16.1. The normalized spacial score (nSPS) is 10.5. The van der Waals surface area contributed by atoms with E-state index in [1.54, 1.807) is 0 Å². The number of hydrogen-bond acceptors (Lipinski definition) is 7. The number of H-pyrrole nitrogens is 2. The molecule has 9 nitrogen and oxygen atoms in total. The summed E-state index contributed by atoms with van der Waals surface area (Å²) in [5.74, 6) is -0.396. The molecular weight excluding hydrogens is 212 g/mol. The number of nitrogen functional groups attached to an aromatic ring is 4. The van der Waals surface area contributed by atoms with Crippen LogP contribution in [0.4, 0.5) is 23.0 Å². The Bertz CT molecular complexity index is 504. The predicted molar refractivity (Wildman–Crippen MR) is 58.3 cm³/mol. The fraction of sp³-hybridized carbons (Fsp3) is 0. The smallest absolute Gasteiger partial charge is 0.232 e. The van der Waals surface area contributed by atoms with Gasteiger partial charge in [-0.25, -0.2) is 0 Å². The number of ketones is 1. The van der Waals surface area contributed by atoms with Gasteiger partial charge in [0, 0.05) is 0 Å². The molecule has 0 fully saturated rings. The van der Waals surface area contributed by atoms with Crippen molar-refractivity contribution in [1.29, 1.82) is 0 Å². The lowest BCUT2D eigenvalue weighted by Gasteiger charge is -1.97. The van der Waals surface area contributed by atoms with Crippen molar-refractivity contribution in [2.45, 2.75) is 0 Å². The van der Waals surface area contributed by atoms with E-state index in [4.69, 9.17) is 22.9 Å². The fourth-order valence-electron chi connectivity index (χ4n) is 1.20. The molecule has 84 valence electrons. The van der Waals surface area contributed by atoms with Crippen LogP contribution in [0.5, 0.6) is 0 Å². The Balaban J connectivity index is 2.47. The van der Waals surface area contributed by atoms with Gasteiger partial charge in [-0.1, -0.05) is 0 Å². The van der Waals surface area contributed by atoms with Gasteiger partial charge >= 0.3 is 0 Å². The number of hydrogen-bond donors (Lipinski definition) is 6. The Labute approximate surface area is 89.2 Å². The summed E-state index contributed by atoms with van der Waals surface area (Å²) in [5.41, 5.74) is 22.1. The molecular formula is C7H10N8O. The van der Waals surface area contributed by atoms with Crippen molar-refractivity contribution in [1.82, 2.24) is 20.4 Å². The lowest BCUT2D eigenvalue weighted by Crippen LogP contribution is -2.08. The van der Waals surface area contributed by atoms with Gasteiger partial charge in [-0.2, -0.15) is 10.2 Å². The van der Waals surface area contributed by atoms with Gasteiger partial charge in [-0.05, 0) is 0 Å². The Hall–Kier alpha value is -2.71. The third-order valence-electron chi connectivity index (χ3n) is 2.12. The number of rotatable bonds is 2.